The van der Waals surface area contributed by atoms with Crippen molar-refractivity contribution < 1.29 is 8.42 Å². The Bertz CT molecular complexity index is 678. The van der Waals surface area contributed by atoms with Crippen LogP contribution in [0.15, 0.2) is 29.2 Å². The second-order valence-electron chi connectivity index (χ2n) is 6.36. The summed E-state index contributed by atoms with van der Waals surface area (Å²) in [7, 11) is -3.63. The summed E-state index contributed by atoms with van der Waals surface area (Å²) >= 11 is 0. The number of hydrogen-bond acceptors (Lipinski definition) is 3. The molecule has 21 heavy (non-hydrogen) atoms. The molecule has 4 nitrogen and oxygen atoms in total. The Labute approximate surface area is 126 Å². The Morgan fingerprint density at radius 1 is 1.29 bits per heavy atom. The van der Waals surface area contributed by atoms with Gasteiger partial charge in [-0.3, -0.25) is 0 Å². The van der Waals surface area contributed by atoms with Gasteiger partial charge in [0, 0.05) is 6.04 Å². The minimum Gasteiger partial charge on any atom is -0.208 e. The lowest BCUT2D eigenvalue weighted by atomic mass is 9.84. The molecule has 0 heterocycles. The normalized spacial score (nSPS) is 29.2. The third-order valence-corrected chi connectivity index (χ3v) is 6.69. The van der Waals surface area contributed by atoms with Crippen LogP contribution in [0.2, 0.25) is 0 Å². The van der Waals surface area contributed by atoms with E-state index in [4.69, 9.17) is 5.26 Å². The Morgan fingerprint density at radius 2 is 2.05 bits per heavy atom. The van der Waals surface area contributed by atoms with Gasteiger partial charge in [0.05, 0.1) is 10.5 Å². The van der Waals surface area contributed by atoms with E-state index in [1.165, 1.54) is 31.4 Å². The summed E-state index contributed by atoms with van der Waals surface area (Å²) in [4.78, 5) is 0.0857. The number of nitrogens with one attached hydrogen (secondary N) is 1. The van der Waals surface area contributed by atoms with Crippen molar-refractivity contribution in [1.29, 1.82) is 5.26 Å². The van der Waals surface area contributed by atoms with Gasteiger partial charge in [0.1, 0.15) is 6.07 Å². The zero-order valence-electron chi connectivity index (χ0n) is 12.1. The van der Waals surface area contributed by atoms with E-state index in [9.17, 15) is 8.42 Å². The third-order valence-electron chi connectivity index (χ3n) is 5.07. The molecule has 0 spiro atoms. The van der Waals surface area contributed by atoms with Gasteiger partial charge in [-0.1, -0.05) is 18.6 Å². The molecule has 2 aliphatic rings. The fourth-order valence-electron chi connectivity index (χ4n) is 4.10. The van der Waals surface area contributed by atoms with E-state index < -0.39 is 10.0 Å². The number of nitriles is 1. The highest BCUT2D eigenvalue weighted by atomic mass is 32.2. The maximum absolute atomic E-state index is 12.5. The van der Waals surface area contributed by atoms with Crippen LogP contribution in [-0.4, -0.2) is 14.5 Å². The Kier molecular flexibility index (Phi) is 3.76. The maximum Gasteiger partial charge on any atom is 0.242 e. The first kappa shape index (κ1) is 14.6. The van der Waals surface area contributed by atoms with Gasteiger partial charge in [-0.15, -0.1) is 0 Å². The van der Waals surface area contributed by atoms with Crippen LogP contribution in [0.3, 0.4) is 0 Å². The summed E-state index contributed by atoms with van der Waals surface area (Å²) in [5.41, 5.74) is 0.199. The molecule has 0 saturated heterocycles. The molecule has 0 radical (unpaired) electrons. The van der Waals surface area contributed by atoms with Gasteiger partial charge in [0.15, 0.2) is 0 Å². The summed E-state index contributed by atoms with van der Waals surface area (Å²) < 4.78 is 27.8. The van der Waals surface area contributed by atoms with E-state index >= 15 is 0 Å². The van der Waals surface area contributed by atoms with Crippen molar-refractivity contribution in [2.75, 3.05) is 0 Å². The molecule has 3 rings (SSSR count). The van der Waals surface area contributed by atoms with Crippen LogP contribution in [0.5, 0.6) is 0 Å². The highest BCUT2D eigenvalue weighted by Crippen LogP contribution is 2.49. The Morgan fingerprint density at radius 3 is 2.67 bits per heavy atom. The zero-order chi connectivity index (χ0) is 15.0. The number of fused-ring (bicyclic) bond motifs is 2. The van der Waals surface area contributed by atoms with Crippen LogP contribution in [-0.2, 0) is 10.0 Å². The largest absolute Gasteiger partial charge is 0.242 e. The van der Waals surface area contributed by atoms with Crippen molar-refractivity contribution in [3.8, 4) is 6.07 Å². The van der Waals surface area contributed by atoms with Gasteiger partial charge >= 0.3 is 0 Å². The van der Waals surface area contributed by atoms with Crippen molar-refractivity contribution in [1.82, 2.24) is 4.72 Å². The third kappa shape index (κ3) is 2.70. The molecular formula is C16H20N2O2S. The predicted octanol–water partition coefficient (Wildman–Crippen LogP) is 2.66. The van der Waals surface area contributed by atoms with Crippen molar-refractivity contribution in [3.63, 3.8) is 0 Å². The van der Waals surface area contributed by atoms with E-state index in [1.807, 2.05) is 13.0 Å². The van der Waals surface area contributed by atoms with E-state index in [0.29, 0.717) is 11.8 Å². The van der Waals surface area contributed by atoms with Crippen molar-refractivity contribution in [3.05, 3.63) is 29.8 Å². The average Bonchev–Trinajstić information content (AvgIpc) is 3.09. The molecule has 2 saturated carbocycles. The lowest BCUT2D eigenvalue weighted by Gasteiger charge is -2.28. The maximum atomic E-state index is 12.5. The fourth-order valence-corrected chi connectivity index (χ4v) is 5.55. The van der Waals surface area contributed by atoms with Gasteiger partial charge < -0.3 is 0 Å². The molecule has 1 aromatic rings. The smallest absolute Gasteiger partial charge is 0.208 e. The van der Waals surface area contributed by atoms with Gasteiger partial charge in [-0.25, -0.2) is 13.1 Å². The molecule has 0 aromatic heterocycles. The first-order valence-corrected chi connectivity index (χ1v) is 9.01. The van der Waals surface area contributed by atoms with Crippen molar-refractivity contribution >= 4 is 10.0 Å². The Balaban J connectivity index is 1.79. The highest BCUT2D eigenvalue weighted by Gasteiger charge is 2.42. The summed E-state index contributed by atoms with van der Waals surface area (Å²) in [5, 5.41) is 9.07. The summed E-state index contributed by atoms with van der Waals surface area (Å²) in [6.07, 6.45) is 4.92. The summed E-state index contributed by atoms with van der Waals surface area (Å²) in [5.74, 6) is 1.89. The molecule has 5 heteroatoms. The molecule has 0 unspecified atom stereocenters. The fraction of sp³-hybridized carbons (Fsp3) is 0.562. The molecule has 0 amide bonds. The van der Waals surface area contributed by atoms with Crippen molar-refractivity contribution in [2.45, 2.75) is 43.5 Å². The SMILES string of the molecule is C[C@H](NS(=O)(=O)c1ccccc1C#N)[C@@H]1C[C@H]2CC[C@H]1C2. The lowest BCUT2D eigenvalue weighted by Crippen LogP contribution is -2.40. The van der Waals surface area contributed by atoms with Crippen LogP contribution in [0.1, 0.15) is 38.2 Å². The minimum atomic E-state index is -3.63. The van der Waals surface area contributed by atoms with Gasteiger partial charge in [-0.05, 0) is 56.1 Å². The van der Waals surface area contributed by atoms with Gasteiger partial charge in [-0.2, -0.15) is 5.26 Å². The monoisotopic (exact) mass is 304 g/mol. The average molecular weight is 304 g/mol. The molecule has 1 N–H and O–H groups in total. The number of benzene rings is 1. The van der Waals surface area contributed by atoms with Crippen LogP contribution in [0, 0.1) is 29.1 Å². The van der Waals surface area contributed by atoms with Gasteiger partial charge in [0.25, 0.3) is 0 Å². The van der Waals surface area contributed by atoms with Crippen LogP contribution < -0.4 is 4.72 Å². The summed E-state index contributed by atoms with van der Waals surface area (Å²) in [6, 6.07) is 8.24. The second-order valence-corrected chi connectivity index (χ2v) is 8.04. The quantitative estimate of drug-likeness (QED) is 0.929. The molecule has 4 atom stereocenters. The van der Waals surface area contributed by atoms with Gasteiger partial charge in [0.2, 0.25) is 10.0 Å². The van der Waals surface area contributed by atoms with Crippen LogP contribution in [0.4, 0.5) is 0 Å². The molecule has 112 valence electrons. The van der Waals surface area contributed by atoms with E-state index in [-0.39, 0.29) is 16.5 Å². The number of sulfonamides is 1. The van der Waals surface area contributed by atoms with E-state index in [2.05, 4.69) is 4.72 Å². The van der Waals surface area contributed by atoms with E-state index in [1.54, 1.807) is 12.1 Å². The molecule has 2 aliphatic carbocycles. The van der Waals surface area contributed by atoms with Crippen molar-refractivity contribution in [2.24, 2.45) is 17.8 Å². The Hall–Kier alpha value is -1.38. The summed E-state index contributed by atoms with van der Waals surface area (Å²) in [6.45, 7) is 1.96. The molecule has 2 bridgehead atoms. The van der Waals surface area contributed by atoms with Crippen LogP contribution >= 0.6 is 0 Å². The molecular weight excluding hydrogens is 284 g/mol. The topological polar surface area (TPSA) is 70.0 Å². The standard InChI is InChI=1S/C16H20N2O2S/c1-11(15-9-12-6-7-13(15)8-12)18-21(19,20)16-5-3-2-4-14(16)10-17/h2-5,11-13,15,18H,6-9H2,1H3/t11-,12-,13-,15-/m0/s1. The molecule has 0 aliphatic heterocycles. The second kappa shape index (κ2) is 5.43. The zero-order valence-corrected chi connectivity index (χ0v) is 12.9. The number of rotatable bonds is 4. The predicted molar refractivity (Wildman–Crippen MR) is 79.9 cm³/mol. The molecule has 1 aromatic carbocycles. The van der Waals surface area contributed by atoms with Crippen LogP contribution in [0.25, 0.3) is 0 Å². The lowest BCUT2D eigenvalue weighted by molar-refractivity contribution is 0.280. The number of hydrogen-bond donors (Lipinski definition) is 1. The number of nitrogens with zero attached hydrogens (tertiary/aromatic N) is 1. The first-order valence-electron chi connectivity index (χ1n) is 7.52. The first-order chi connectivity index (χ1) is 10.0. The van der Waals surface area contributed by atoms with E-state index in [0.717, 1.165) is 12.3 Å². The molecule has 2 fully saturated rings. The minimum absolute atomic E-state index is 0.0722. The highest BCUT2D eigenvalue weighted by molar-refractivity contribution is 7.89.